The van der Waals surface area contributed by atoms with E-state index in [9.17, 15) is 26.4 Å². The number of aryl methyl sites for hydroxylation is 1. The van der Waals surface area contributed by atoms with Crippen molar-refractivity contribution in [2.45, 2.75) is 45.7 Å². The summed E-state index contributed by atoms with van der Waals surface area (Å²) in [4.78, 5) is 35.4. The maximum absolute atomic E-state index is 13.5. The van der Waals surface area contributed by atoms with Crippen LogP contribution >= 0.6 is 0 Å². The lowest BCUT2D eigenvalue weighted by Crippen LogP contribution is -2.48. The molecule has 3 N–H and O–H groups in total. The highest BCUT2D eigenvalue weighted by Crippen LogP contribution is 2.23. The summed E-state index contributed by atoms with van der Waals surface area (Å²) >= 11 is 0. The number of carbonyl (C=O) groups excluding carboxylic acids is 1. The second-order valence-corrected chi connectivity index (χ2v) is 13.9. The van der Waals surface area contributed by atoms with Crippen LogP contribution in [0.5, 0.6) is 0 Å². The molecular weight excluding hydrogens is 598 g/mol. The Hall–Kier alpha value is -3.37. The van der Waals surface area contributed by atoms with E-state index in [2.05, 4.69) is 40.0 Å². The molecule has 0 bridgehead atoms. The normalized spacial score (nSPS) is 15.8. The Kier molecular flexibility index (Phi) is 11.1. The Morgan fingerprint density at radius 2 is 1.53 bits per heavy atom. The lowest BCUT2D eigenvalue weighted by atomic mass is 10.1. The van der Waals surface area contributed by atoms with Crippen LogP contribution in [-0.4, -0.2) is 97.1 Å². The van der Waals surface area contributed by atoms with E-state index in [-0.39, 0.29) is 17.5 Å². The van der Waals surface area contributed by atoms with Gasteiger partial charge in [-0.15, -0.1) is 0 Å². The lowest BCUT2D eigenvalue weighted by Gasteiger charge is -2.38. The molecule has 3 aromatic rings. The number of fused-ring (bicyclic) bond motifs is 1. The number of aromatic nitrogens is 2. The van der Waals surface area contributed by atoms with Crippen LogP contribution in [0.25, 0.3) is 16.6 Å². The molecule has 1 aliphatic carbocycles. The van der Waals surface area contributed by atoms with E-state index < -0.39 is 20.2 Å². The van der Waals surface area contributed by atoms with Crippen molar-refractivity contribution in [3.8, 4) is 5.69 Å². The van der Waals surface area contributed by atoms with Crippen molar-refractivity contribution in [1.82, 2.24) is 19.8 Å². The fourth-order valence-electron chi connectivity index (χ4n) is 4.48. The fourth-order valence-corrected chi connectivity index (χ4v) is 4.48. The maximum Gasteiger partial charge on any atom is 0.265 e. The monoisotopic (exact) mass is 637 g/mol. The molecule has 0 unspecified atom stereocenters. The molecule has 0 radical (unpaired) electrons. The van der Waals surface area contributed by atoms with Crippen LogP contribution in [-0.2, 0) is 20.2 Å². The minimum atomic E-state index is -3.67. The fraction of sp³-hybridized carbons (Fsp3) is 0.464. The van der Waals surface area contributed by atoms with Gasteiger partial charge >= 0.3 is 0 Å². The van der Waals surface area contributed by atoms with Gasteiger partial charge in [-0.1, -0.05) is 6.07 Å². The van der Waals surface area contributed by atoms with Gasteiger partial charge in [0, 0.05) is 49.5 Å². The summed E-state index contributed by atoms with van der Waals surface area (Å²) in [7, 11) is -7.33. The van der Waals surface area contributed by atoms with Gasteiger partial charge in [-0.2, -0.15) is 16.8 Å². The summed E-state index contributed by atoms with van der Waals surface area (Å²) in [6, 6.07) is 12.3. The molecule has 0 atom stereocenters. The topological polar surface area (TPSA) is 179 Å². The average molecular weight is 638 g/mol. The maximum atomic E-state index is 13.5. The van der Waals surface area contributed by atoms with Crippen molar-refractivity contribution >= 4 is 42.7 Å². The van der Waals surface area contributed by atoms with Crippen molar-refractivity contribution in [2.75, 3.05) is 43.6 Å². The molecule has 2 aromatic carbocycles. The number of piperazine rings is 1. The van der Waals surface area contributed by atoms with Gasteiger partial charge in [-0.3, -0.25) is 28.2 Å². The predicted octanol–water partition coefficient (Wildman–Crippen LogP) is 2.12. The molecule has 1 amide bonds. The van der Waals surface area contributed by atoms with E-state index in [0.29, 0.717) is 40.7 Å². The molecule has 5 rings (SSSR count). The first-order valence-electron chi connectivity index (χ1n) is 13.7. The Balaban J connectivity index is 0.000000440. The quantitative estimate of drug-likeness (QED) is 0.349. The zero-order chi connectivity index (χ0) is 32.1. The number of hydrogen-bond donors (Lipinski definition) is 3. The minimum Gasteiger partial charge on any atom is -0.369 e. The number of anilines is 1. The highest BCUT2D eigenvalue weighted by Gasteiger charge is 2.24. The van der Waals surface area contributed by atoms with Crippen LogP contribution in [0.4, 0.5) is 5.69 Å². The van der Waals surface area contributed by atoms with Gasteiger partial charge in [0.25, 0.3) is 31.7 Å². The third-order valence-corrected chi connectivity index (χ3v) is 6.79. The van der Waals surface area contributed by atoms with E-state index in [1.54, 1.807) is 17.0 Å². The van der Waals surface area contributed by atoms with E-state index in [1.807, 2.05) is 31.2 Å². The number of nitrogens with zero attached hydrogens (tertiary/aromatic N) is 4. The van der Waals surface area contributed by atoms with Crippen molar-refractivity contribution in [3.05, 3.63) is 64.2 Å². The second kappa shape index (κ2) is 13.9. The molecule has 13 nitrogen and oxygen atoms in total. The summed E-state index contributed by atoms with van der Waals surface area (Å²) in [6.45, 7) is 10.3. The molecule has 236 valence electrons. The second-order valence-electron chi connectivity index (χ2n) is 11.0. The highest BCUT2D eigenvalue weighted by atomic mass is 32.2. The first kappa shape index (κ1) is 34.1. The van der Waals surface area contributed by atoms with Gasteiger partial charge in [-0.05, 0) is 69.5 Å². The van der Waals surface area contributed by atoms with Crippen LogP contribution in [0.1, 0.15) is 42.6 Å². The summed E-state index contributed by atoms with van der Waals surface area (Å²) in [5.41, 5.74) is 3.78. The van der Waals surface area contributed by atoms with Crippen LogP contribution < -0.4 is 15.8 Å². The first-order valence-corrected chi connectivity index (χ1v) is 17.4. The van der Waals surface area contributed by atoms with Crippen LogP contribution in [0.2, 0.25) is 0 Å². The number of amides is 1. The summed E-state index contributed by atoms with van der Waals surface area (Å²) < 4.78 is 53.3. The number of carbonyl (C=O) groups is 1. The molecule has 2 fully saturated rings. The molecule has 1 aliphatic heterocycles. The zero-order valence-electron chi connectivity index (χ0n) is 24.9. The van der Waals surface area contributed by atoms with Crippen molar-refractivity contribution in [2.24, 2.45) is 0 Å². The van der Waals surface area contributed by atoms with Gasteiger partial charge in [0.2, 0.25) is 0 Å². The highest BCUT2D eigenvalue weighted by molar-refractivity contribution is 7.85. The summed E-state index contributed by atoms with van der Waals surface area (Å²) in [5, 5.41) is 3.61. The molecule has 15 heteroatoms. The molecule has 2 heterocycles. The Morgan fingerprint density at radius 3 is 2.07 bits per heavy atom. The minimum absolute atomic E-state index is 0.0941. The van der Waals surface area contributed by atoms with Crippen molar-refractivity contribution in [1.29, 1.82) is 0 Å². The molecule has 2 aliphatic rings. The Bertz CT molecular complexity index is 1680. The smallest absolute Gasteiger partial charge is 0.265 e. The lowest BCUT2D eigenvalue weighted by molar-refractivity contribution is 0.0951. The number of hydrogen-bond acceptors (Lipinski definition) is 9. The summed E-state index contributed by atoms with van der Waals surface area (Å²) in [6.07, 6.45) is 5.07. The number of rotatable bonds is 5. The zero-order valence-corrected chi connectivity index (χ0v) is 26.5. The van der Waals surface area contributed by atoms with Gasteiger partial charge in [0.15, 0.2) is 0 Å². The number of benzene rings is 2. The van der Waals surface area contributed by atoms with Gasteiger partial charge in [-0.25, -0.2) is 4.98 Å². The Labute approximate surface area is 252 Å². The average Bonchev–Trinajstić information content (AvgIpc) is 3.71. The predicted molar refractivity (Wildman–Crippen MR) is 166 cm³/mol. The molecule has 1 saturated carbocycles. The van der Waals surface area contributed by atoms with E-state index >= 15 is 0 Å². The molecule has 0 spiro atoms. The van der Waals surface area contributed by atoms with Crippen molar-refractivity contribution < 1.29 is 30.7 Å². The van der Waals surface area contributed by atoms with Crippen molar-refractivity contribution in [3.63, 3.8) is 0 Å². The first-order chi connectivity index (χ1) is 19.9. The van der Waals surface area contributed by atoms with Gasteiger partial charge in [0.1, 0.15) is 6.33 Å². The molecule has 43 heavy (non-hydrogen) atoms. The largest absolute Gasteiger partial charge is 0.369 e. The van der Waals surface area contributed by atoms with Crippen LogP contribution in [0.3, 0.4) is 0 Å². The third kappa shape index (κ3) is 11.0. The van der Waals surface area contributed by atoms with E-state index in [0.717, 1.165) is 50.3 Å². The van der Waals surface area contributed by atoms with Gasteiger partial charge in [0.05, 0.1) is 29.1 Å². The van der Waals surface area contributed by atoms with E-state index in [1.165, 1.54) is 0 Å². The Morgan fingerprint density at radius 1 is 0.953 bits per heavy atom. The molecule has 1 saturated heterocycles. The van der Waals surface area contributed by atoms with Crippen LogP contribution in [0.15, 0.2) is 47.5 Å². The molecule has 1 aromatic heterocycles. The van der Waals surface area contributed by atoms with Crippen LogP contribution in [0, 0.1) is 6.92 Å². The third-order valence-electron chi connectivity index (χ3n) is 6.79. The number of nitrogens with one attached hydrogen (secondary N) is 1. The molecular formula is C28H39N5O8S2. The summed E-state index contributed by atoms with van der Waals surface area (Å²) in [5.74, 6) is -0.0941. The standard InChI is InChI=1S/C26H31N5O2.2CH4O3S/c1-17(2)29-10-12-30(13-11-29)21-8-9-23-22(15-21)26(33)31(16-27-23)24-14-19(5-4-18(24)3)25(32)28-20-6-7-20;2*1-5(2,3)4/h4-5,8-9,14-17,20H,6-7,10-13H2,1-3H3,(H,28,32);2*1H3,(H,2,3,4). The van der Waals surface area contributed by atoms with Gasteiger partial charge < -0.3 is 10.2 Å². The SMILES string of the molecule is CS(=O)(=O)O.CS(=O)(=O)O.Cc1ccc(C(=O)NC2CC2)cc1-n1cnc2ccc(N3CCN(C(C)C)CC3)cc2c1=O. The van der Waals surface area contributed by atoms with E-state index in [4.69, 9.17) is 9.11 Å².